The number of hydrogen-bond acceptors (Lipinski definition) is 4. The van der Waals surface area contributed by atoms with E-state index in [1.54, 1.807) is 19.3 Å². The number of esters is 2. The van der Waals surface area contributed by atoms with Crippen LogP contribution in [0.4, 0.5) is 0 Å². The third-order valence-electron chi connectivity index (χ3n) is 1.96. The lowest BCUT2D eigenvalue weighted by Crippen LogP contribution is -2.38. The predicted molar refractivity (Wildman–Crippen MR) is 50.3 cm³/mol. The van der Waals surface area contributed by atoms with Gasteiger partial charge in [-0.3, -0.25) is 0 Å². The summed E-state index contributed by atoms with van der Waals surface area (Å²) in [7, 11) is 4.17. The fraction of sp³-hybridized carbons (Fsp3) is 0.300. The first kappa shape index (κ1) is 11.2. The second kappa shape index (κ2) is 4.54. The monoisotopic (exact) mass is 210 g/mol. The lowest BCUT2D eigenvalue weighted by Gasteiger charge is -2.03. The highest BCUT2D eigenvalue weighted by Gasteiger charge is 2.27. The van der Waals surface area contributed by atoms with Crippen LogP contribution in [0.25, 0.3) is 0 Å². The second-order valence-electron chi connectivity index (χ2n) is 2.86. The number of carbonyl (C=O) groups is 2. The van der Waals surface area contributed by atoms with Crippen LogP contribution in [0, 0.1) is 0 Å². The van der Waals surface area contributed by atoms with Gasteiger partial charge in [0.05, 0.1) is 14.2 Å². The summed E-state index contributed by atoms with van der Waals surface area (Å²) >= 11 is 0. The molecule has 5 heteroatoms. The molecule has 0 aromatic carbocycles. The first-order chi connectivity index (χ1) is 7.11. The van der Waals surface area contributed by atoms with Crippen molar-refractivity contribution in [3.8, 4) is 0 Å². The zero-order valence-electron chi connectivity index (χ0n) is 8.81. The Labute approximate surface area is 87.2 Å². The summed E-state index contributed by atoms with van der Waals surface area (Å²) in [6.07, 6.45) is 1.65. The van der Waals surface area contributed by atoms with Crippen LogP contribution in [0.15, 0.2) is 18.3 Å². The smallest absolute Gasteiger partial charge is 0.404 e. The van der Waals surface area contributed by atoms with Crippen LogP contribution in [0.2, 0.25) is 0 Å². The van der Waals surface area contributed by atoms with Crippen molar-refractivity contribution < 1.29 is 23.6 Å². The number of aryl methyl sites for hydroxylation is 1. The molecule has 0 saturated carbocycles. The van der Waals surface area contributed by atoms with Gasteiger partial charge >= 0.3 is 17.6 Å². The van der Waals surface area contributed by atoms with Crippen molar-refractivity contribution in [3.63, 3.8) is 0 Å². The van der Waals surface area contributed by atoms with Gasteiger partial charge in [0.25, 0.3) is 0 Å². The number of aromatic nitrogens is 1. The van der Waals surface area contributed by atoms with Gasteiger partial charge in [-0.25, -0.2) is 9.59 Å². The van der Waals surface area contributed by atoms with E-state index in [4.69, 9.17) is 0 Å². The Kier molecular flexibility index (Phi) is 3.38. The van der Waals surface area contributed by atoms with Crippen molar-refractivity contribution in [2.45, 2.75) is 0 Å². The van der Waals surface area contributed by atoms with Crippen molar-refractivity contribution >= 4 is 11.9 Å². The van der Waals surface area contributed by atoms with Crippen LogP contribution in [0.5, 0.6) is 0 Å². The van der Waals surface area contributed by atoms with Crippen LogP contribution in [0.3, 0.4) is 0 Å². The molecule has 15 heavy (non-hydrogen) atoms. The van der Waals surface area contributed by atoms with E-state index in [-0.39, 0.29) is 11.3 Å². The quantitative estimate of drug-likeness (QED) is 0.512. The highest BCUT2D eigenvalue weighted by atomic mass is 16.5. The molecular weight excluding hydrogens is 198 g/mol. The third kappa shape index (κ3) is 2.12. The molecule has 5 nitrogen and oxygen atoms in total. The molecule has 0 atom stereocenters. The average Bonchev–Trinajstić information content (AvgIpc) is 2.26. The van der Waals surface area contributed by atoms with Crippen LogP contribution in [0.1, 0.15) is 20.8 Å². The van der Waals surface area contributed by atoms with Crippen LogP contribution >= 0.6 is 0 Å². The van der Waals surface area contributed by atoms with E-state index in [1.165, 1.54) is 24.9 Å². The summed E-state index contributed by atoms with van der Waals surface area (Å²) in [5.74, 6) is -1.13. The minimum Gasteiger partial charge on any atom is -0.465 e. The van der Waals surface area contributed by atoms with Crippen molar-refractivity contribution in [3.05, 3.63) is 29.6 Å². The molecule has 80 valence electrons. The minimum absolute atomic E-state index is 0.173. The van der Waals surface area contributed by atoms with Crippen molar-refractivity contribution in [1.82, 2.24) is 0 Å². The lowest BCUT2D eigenvalue weighted by atomic mass is 10.2. The average molecular weight is 210 g/mol. The number of nitrogens with zero attached hydrogens (tertiary/aromatic N) is 1. The maximum atomic E-state index is 11.4. The Hall–Kier alpha value is -1.91. The number of pyridine rings is 1. The summed E-state index contributed by atoms with van der Waals surface area (Å²) in [5, 5.41) is 0. The SMILES string of the molecule is COC(=O)c1ccc[n+](C)c1C(=O)OC. The van der Waals surface area contributed by atoms with Gasteiger partial charge in [-0.1, -0.05) is 0 Å². The van der Waals surface area contributed by atoms with Crippen molar-refractivity contribution in [2.24, 2.45) is 7.05 Å². The Balaban J connectivity index is 3.32. The van der Waals surface area contributed by atoms with Gasteiger partial charge in [0.15, 0.2) is 6.20 Å². The fourth-order valence-electron chi connectivity index (χ4n) is 1.24. The van der Waals surface area contributed by atoms with E-state index in [9.17, 15) is 9.59 Å². The first-order valence-corrected chi connectivity index (χ1v) is 4.27. The summed E-state index contributed by atoms with van der Waals surface area (Å²) in [5.41, 5.74) is 0.362. The standard InChI is InChI=1S/C10H12NO4/c1-11-6-4-5-7(9(12)14-2)8(11)10(13)15-3/h4-6H,1-3H3/q+1. The van der Waals surface area contributed by atoms with Crippen LogP contribution in [-0.2, 0) is 16.5 Å². The molecular formula is C10H12NO4+. The molecule has 0 aliphatic carbocycles. The largest absolute Gasteiger partial charge is 0.465 e. The molecule has 0 aliphatic rings. The highest BCUT2D eigenvalue weighted by Crippen LogP contribution is 2.06. The maximum absolute atomic E-state index is 11.4. The van der Waals surface area contributed by atoms with E-state index >= 15 is 0 Å². The highest BCUT2D eigenvalue weighted by molar-refractivity contribution is 6.00. The first-order valence-electron chi connectivity index (χ1n) is 4.27. The third-order valence-corrected chi connectivity index (χ3v) is 1.96. The Morgan fingerprint density at radius 2 is 1.80 bits per heavy atom. The maximum Gasteiger partial charge on any atom is 0.404 e. The summed E-state index contributed by atoms with van der Waals surface area (Å²) in [6, 6.07) is 3.16. The number of ether oxygens (including phenoxy) is 2. The summed E-state index contributed by atoms with van der Waals surface area (Å²) in [4.78, 5) is 22.8. The molecule has 0 unspecified atom stereocenters. The molecule has 0 N–H and O–H groups in total. The van der Waals surface area contributed by atoms with E-state index in [0.717, 1.165) is 0 Å². The molecule has 0 radical (unpaired) electrons. The normalized spacial score (nSPS) is 9.53. The molecule has 1 heterocycles. The number of hydrogen-bond donors (Lipinski definition) is 0. The summed E-state index contributed by atoms with van der Waals surface area (Å²) in [6.45, 7) is 0. The van der Waals surface area contributed by atoms with Crippen LogP contribution < -0.4 is 4.57 Å². The Morgan fingerprint density at radius 3 is 2.33 bits per heavy atom. The molecule has 0 amide bonds. The molecule has 0 bridgehead atoms. The van der Waals surface area contributed by atoms with Gasteiger partial charge in [-0.05, 0) is 6.07 Å². The molecule has 1 rings (SSSR count). The van der Waals surface area contributed by atoms with Crippen molar-refractivity contribution in [2.75, 3.05) is 14.2 Å². The molecule has 1 aromatic rings. The van der Waals surface area contributed by atoms with Gasteiger partial charge in [0, 0.05) is 6.07 Å². The van der Waals surface area contributed by atoms with Gasteiger partial charge in [0.2, 0.25) is 0 Å². The van der Waals surface area contributed by atoms with E-state index < -0.39 is 11.9 Å². The predicted octanol–water partition coefficient (Wildman–Crippen LogP) is 0.0843. The van der Waals surface area contributed by atoms with Crippen molar-refractivity contribution in [1.29, 1.82) is 0 Å². The number of carbonyl (C=O) groups excluding carboxylic acids is 2. The lowest BCUT2D eigenvalue weighted by molar-refractivity contribution is -0.674. The van der Waals surface area contributed by atoms with E-state index in [2.05, 4.69) is 9.47 Å². The van der Waals surface area contributed by atoms with Gasteiger partial charge < -0.3 is 9.47 Å². The summed E-state index contributed by atoms with van der Waals surface area (Å²) < 4.78 is 10.7. The topological polar surface area (TPSA) is 56.5 Å². The van der Waals surface area contributed by atoms with Crippen LogP contribution in [-0.4, -0.2) is 26.2 Å². The Morgan fingerprint density at radius 1 is 1.20 bits per heavy atom. The molecule has 1 aromatic heterocycles. The second-order valence-corrected chi connectivity index (χ2v) is 2.86. The Bertz CT molecular complexity index is 400. The van der Waals surface area contributed by atoms with E-state index in [0.29, 0.717) is 0 Å². The minimum atomic E-state index is -0.571. The fourth-order valence-corrected chi connectivity index (χ4v) is 1.24. The van der Waals surface area contributed by atoms with Gasteiger partial charge in [-0.15, -0.1) is 0 Å². The molecule has 0 aliphatic heterocycles. The number of methoxy groups -OCH3 is 2. The molecule has 0 fully saturated rings. The molecule has 0 saturated heterocycles. The zero-order chi connectivity index (χ0) is 11.4. The van der Waals surface area contributed by atoms with Gasteiger partial charge in [-0.2, -0.15) is 4.57 Å². The van der Waals surface area contributed by atoms with Gasteiger partial charge in [0.1, 0.15) is 12.6 Å². The van der Waals surface area contributed by atoms with E-state index in [1.807, 2.05) is 0 Å². The number of rotatable bonds is 2. The molecule has 0 spiro atoms. The zero-order valence-corrected chi connectivity index (χ0v) is 8.81.